The number of amides is 2. The number of urea groups is 1. The summed E-state index contributed by atoms with van der Waals surface area (Å²) < 4.78 is 27.3. The first-order valence-corrected chi connectivity index (χ1v) is 11.6. The molecule has 4 rings (SSSR count). The van der Waals surface area contributed by atoms with Crippen molar-refractivity contribution in [2.75, 3.05) is 23.7 Å². The van der Waals surface area contributed by atoms with Crippen molar-refractivity contribution in [2.24, 2.45) is 0 Å². The first kappa shape index (κ1) is 20.4. The number of anilines is 2. The van der Waals surface area contributed by atoms with Gasteiger partial charge in [0.05, 0.1) is 10.6 Å². The van der Waals surface area contributed by atoms with Crippen LogP contribution < -0.4 is 10.6 Å². The van der Waals surface area contributed by atoms with Crippen LogP contribution in [0.4, 0.5) is 16.2 Å². The lowest BCUT2D eigenvalue weighted by Crippen LogP contribution is -2.31. The van der Waals surface area contributed by atoms with Crippen molar-refractivity contribution in [3.05, 3.63) is 66.7 Å². The van der Waals surface area contributed by atoms with Crippen LogP contribution in [0.2, 0.25) is 0 Å². The molecule has 3 aromatic rings. The van der Waals surface area contributed by atoms with E-state index in [2.05, 4.69) is 10.6 Å². The number of sulfonamides is 1. The van der Waals surface area contributed by atoms with Gasteiger partial charge in [0, 0.05) is 24.2 Å². The van der Waals surface area contributed by atoms with Crippen LogP contribution in [0.5, 0.6) is 0 Å². The van der Waals surface area contributed by atoms with Crippen LogP contribution >= 0.6 is 0 Å². The number of hydrogen-bond acceptors (Lipinski definition) is 3. The summed E-state index contributed by atoms with van der Waals surface area (Å²) in [4.78, 5) is 12.7. The van der Waals surface area contributed by atoms with Crippen LogP contribution in [-0.4, -0.2) is 31.8 Å². The highest BCUT2D eigenvalue weighted by molar-refractivity contribution is 7.89. The maximum absolute atomic E-state index is 12.9. The molecule has 3 aromatic carbocycles. The smallest absolute Gasteiger partial charge is 0.308 e. The second-order valence-electron chi connectivity index (χ2n) is 7.45. The number of hydrogen-bond donors (Lipinski definition) is 2. The molecule has 1 fully saturated rings. The first-order valence-electron chi connectivity index (χ1n) is 10.2. The van der Waals surface area contributed by atoms with Crippen molar-refractivity contribution in [1.29, 1.82) is 0 Å². The van der Waals surface area contributed by atoms with Crippen LogP contribution in [0.3, 0.4) is 0 Å². The van der Waals surface area contributed by atoms with Crippen LogP contribution in [0.15, 0.2) is 71.6 Å². The van der Waals surface area contributed by atoms with Crippen LogP contribution in [0.25, 0.3) is 10.8 Å². The Morgan fingerprint density at radius 1 is 0.767 bits per heavy atom. The van der Waals surface area contributed by atoms with Crippen molar-refractivity contribution in [1.82, 2.24) is 4.31 Å². The lowest BCUT2D eigenvalue weighted by Gasteiger charge is -2.20. The molecular weight excluding hydrogens is 398 g/mol. The molecule has 2 amide bonds. The van der Waals surface area contributed by atoms with Gasteiger partial charge < -0.3 is 10.6 Å². The number of carbonyl (C=O) groups excluding carboxylic acids is 1. The molecule has 0 radical (unpaired) electrons. The van der Waals surface area contributed by atoms with Crippen molar-refractivity contribution in [2.45, 2.75) is 30.6 Å². The summed E-state index contributed by atoms with van der Waals surface area (Å²) in [6.45, 7) is 1.13. The normalized spacial score (nSPS) is 15.5. The molecule has 7 heteroatoms. The first-order chi connectivity index (χ1) is 14.5. The van der Waals surface area contributed by atoms with Gasteiger partial charge in [-0.2, -0.15) is 4.31 Å². The lowest BCUT2D eigenvalue weighted by molar-refractivity contribution is 0.262. The molecule has 0 aromatic heterocycles. The molecule has 0 spiro atoms. The standard InChI is InChI=1S/C23H25N3O3S/c27-23(25-22-11-7-9-18-8-3-4-10-21(18)22)24-19-12-14-20(15-13-19)30(28,29)26-16-5-1-2-6-17-26/h3-4,7-15H,1-2,5-6,16-17H2,(H2,24,25,27). The van der Waals surface area contributed by atoms with E-state index in [1.807, 2.05) is 42.5 Å². The van der Waals surface area contributed by atoms with E-state index in [1.54, 1.807) is 28.6 Å². The highest BCUT2D eigenvalue weighted by Crippen LogP contribution is 2.24. The molecular formula is C23H25N3O3S. The third-order valence-electron chi connectivity index (χ3n) is 5.35. The fourth-order valence-corrected chi connectivity index (χ4v) is 5.28. The second kappa shape index (κ2) is 8.85. The molecule has 1 saturated heterocycles. The molecule has 0 bridgehead atoms. The molecule has 0 unspecified atom stereocenters. The summed E-state index contributed by atoms with van der Waals surface area (Å²) in [7, 11) is -3.50. The van der Waals surface area contributed by atoms with E-state index in [9.17, 15) is 13.2 Å². The Morgan fingerprint density at radius 2 is 1.43 bits per heavy atom. The number of fused-ring (bicyclic) bond motifs is 1. The summed E-state index contributed by atoms with van der Waals surface area (Å²) in [5.74, 6) is 0. The van der Waals surface area contributed by atoms with Gasteiger partial charge in [-0.15, -0.1) is 0 Å². The Balaban J connectivity index is 1.44. The summed E-state index contributed by atoms with van der Waals surface area (Å²) in [5.41, 5.74) is 1.24. The monoisotopic (exact) mass is 423 g/mol. The molecule has 1 aliphatic heterocycles. The zero-order chi connectivity index (χ0) is 21.0. The molecule has 0 aliphatic carbocycles. The molecule has 156 valence electrons. The van der Waals surface area contributed by atoms with Gasteiger partial charge in [-0.05, 0) is 48.6 Å². The topological polar surface area (TPSA) is 78.5 Å². The minimum Gasteiger partial charge on any atom is -0.308 e. The summed E-state index contributed by atoms with van der Waals surface area (Å²) in [6.07, 6.45) is 3.93. The van der Waals surface area contributed by atoms with E-state index < -0.39 is 10.0 Å². The quantitative estimate of drug-likeness (QED) is 0.616. The summed E-state index contributed by atoms with van der Waals surface area (Å²) in [5, 5.41) is 7.62. The highest BCUT2D eigenvalue weighted by atomic mass is 32.2. The van der Waals surface area contributed by atoms with Gasteiger partial charge in [0.15, 0.2) is 0 Å². The molecule has 30 heavy (non-hydrogen) atoms. The predicted molar refractivity (Wildman–Crippen MR) is 120 cm³/mol. The number of benzene rings is 3. The Hall–Kier alpha value is -2.90. The third-order valence-corrected chi connectivity index (χ3v) is 7.27. The van der Waals surface area contributed by atoms with E-state index >= 15 is 0 Å². The second-order valence-corrected chi connectivity index (χ2v) is 9.39. The number of carbonyl (C=O) groups is 1. The van der Waals surface area contributed by atoms with Gasteiger partial charge in [-0.25, -0.2) is 13.2 Å². The molecule has 6 nitrogen and oxygen atoms in total. The molecule has 0 atom stereocenters. The Morgan fingerprint density at radius 3 is 2.17 bits per heavy atom. The highest BCUT2D eigenvalue weighted by Gasteiger charge is 2.25. The predicted octanol–water partition coefficient (Wildman–Crippen LogP) is 5.05. The number of nitrogens with one attached hydrogen (secondary N) is 2. The van der Waals surface area contributed by atoms with Crippen molar-refractivity contribution < 1.29 is 13.2 Å². The summed E-state index contributed by atoms with van der Waals surface area (Å²) >= 11 is 0. The zero-order valence-electron chi connectivity index (χ0n) is 16.7. The van der Waals surface area contributed by atoms with Gasteiger partial charge in [-0.1, -0.05) is 49.2 Å². The molecule has 0 saturated carbocycles. The largest absolute Gasteiger partial charge is 0.323 e. The Kier molecular flexibility index (Phi) is 6.01. The van der Waals surface area contributed by atoms with Crippen molar-refractivity contribution in [3.8, 4) is 0 Å². The maximum Gasteiger partial charge on any atom is 0.323 e. The molecule has 1 heterocycles. The fourth-order valence-electron chi connectivity index (χ4n) is 3.76. The average molecular weight is 424 g/mol. The SMILES string of the molecule is O=C(Nc1ccc(S(=O)(=O)N2CCCCCC2)cc1)Nc1cccc2ccccc12. The minimum absolute atomic E-state index is 0.254. The van der Waals surface area contributed by atoms with Gasteiger partial charge in [-0.3, -0.25) is 0 Å². The van der Waals surface area contributed by atoms with Crippen molar-refractivity contribution >= 4 is 38.2 Å². The van der Waals surface area contributed by atoms with Crippen LogP contribution in [0, 0.1) is 0 Å². The average Bonchev–Trinajstić information content (AvgIpc) is 3.05. The van der Waals surface area contributed by atoms with Crippen LogP contribution in [0.1, 0.15) is 25.7 Å². The minimum atomic E-state index is -3.50. The third kappa shape index (κ3) is 4.47. The molecule has 1 aliphatic rings. The van der Waals surface area contributed by atoms with Gasteiger partial charge in [0.25, 0.3) is 0 Å². The van der Waals surface area contributed by atoms with E-state index in [4.69, 9.17) is 0 Å². The van der Waals surface area contributed by atoms with E-state index in [0.717, 1.165) is 36.5 Å². The molecule has 2 N–H and O–H groups in total. The Labute approximate surface area is 177 Å². The van der Waals surface area contributed by atoms with E-state index in [1.165, 1.54) is 0 Å². The number of rotatable bonds is 4. The van der Waals surface area contributed by atoms with E-state index in [0.29, 0.717) is 24.5 Å². The van der Waals surface area contributed by atoms with Crippen molar-refractivity contribution in [3.63, 3.8) is 0 Å². The fraction of sp³-hybridized carbons (Fsp3) is 0.261. The Bertz CT molecular complexity index is 1130. The summed E-state index contributed by atoms with van der Waals surface area (Å²) in [6, 6.07) is 19.5. The van der Waals surface area contributed by atoms with Gasteiger partial charge in [0.1, 0.15) is 0 Å². The van der Waals surface area contributed by atoms with Gasteiger partial charge in [0.2, 0.25) is 10.0 Å². The number of nitrogens with zero attached hydrogens (tertiary/aromatic N) is 1. The van der Waals surface area contributed by atoms with E-state index in [-0.39, 0.29) is 10.9 Å². The van der Waals surface area contributed by atoms with Crippen LogP contribution in [-0.2, 0) is 10.0 Å². The lowest BCUT2D eigenvalue weighted by atomic mass is 10.1. The maximum atomic E-state index is 12.9. The zero-order valence-corrected chi connectivity index (χ0v) is 17.5. The van der Waals surface area contributed by atoms with Gasteiger partial charge >= 0.3 is 6.03 Å².